The quantitative estimate of drug-likeness (QED) is 0.435. The van der Waals surface area contributed by atoms with Crippen molar-refractivity contribution in [3.8, 4) is 11.1 Å². The summed E-state index contributed by atoms with van der Waals surface area (Å²) >= 11 is 1.46. The van der Waals surface area contributed by atoms with Crippen molar-refractivity contribution in [3.05, 3.63) is 70.4 Å². The number of piperidine rings is 1. The van der Waals surface area contributed by atoms with Crippen LogP contribution in [0.25, 0.3) is 11.1 Å². The van der Waals surface area contributed by atoms with Crippen molar-refractivity contribution in [2.24, 2.45) is 0 Å². The van der Waals surface area contributed by atoms with E-state index in [4.69, 9.17) is 0 Å². The predicted octanol–water partition coefficient (Wildman–Crippen LogP) is 5.46. The molecule has 1 atom stereocenters. The van der Waals surface area contributed by atoms with Gasteiger partial charge in [0.1, 0.15) is 17.6 Å². The third kappa shape index (κ3) is 6.13. The number of carbonyl (C=O) groups excluding carboxylic acids is 2. The van der Waals surface area contributed by atoms with Gasteiger partial charge >= 0.3 is 0 Å². The number of thiazole rings is 1. The van der Waals surface area contributed by atoms with Crippen LogP contribution < -0.4 is 5.32 Å². The number of nitrogens with zero attached hydrogens (tertiary/aromatic N) is 2. The second kappa shape index (κ2) is 11.6. The van der Waals surface area contributed by atoms with E-state index in [1.807, 2.05) is 31.2 Å². The molecule has 2 N–H and O–H groups in total. The fourth-order valence-electron chi connectivity index (χ4n) is 4.32. The second-order valence-corrected chi connectivity index (χ2v) is 9.72. The molecule has 0 spiro atoms. The Hall–Kier alpha value is -3.10. The summed E-state index contributed by atoms with van der Waals surface area (Å²) in [7, 11) is 0. The Labute approximate surface area is 208 Å². The summed E-state index contributed by atoms with van der Waals surface area (Å²) in [6.45, 7) is 3.20. The van der Waals surface area contributed by atoms with Crippen molar-refractivity contribution in [2.75, 3.05) is 18.4 Å². The van der Waals surface area contributed by atoms with Crippen LogP contribution in [0.2, 0.25) is 0 Å². The summed E-state index contributed by atoms with van der Waals surface area (Å²) in [4.78, 5) is 31.7. The lowest BCUT2D eigenvalue weighted by atomic mass is 9.97. The maximum absolute atomic E-state index is 13.3. The molecule has 0 bridgehead atoms. The molecule has 1 saturated heterocycles. The summed E-state index contributed by atoms with van der Waals surface area (Å²) in [6, 6.07) is 13.5. The SMILES string of the molecule is CCCCC(O)C(=O)N1CCC(c2nc(C(=O)Nc3ccccc3-c3ccc(F)cc3)cs2)CC1. The molecule has 35 heavy (non-hydrogen) atoms. The highest BCUT2D eigenvalue weighted by atomic mass is 32.1. The topological polar surface area (TPSA) is 82.5 Å². The van der Waals surface area contributed by atoms with E-state index >= 15 is 0 Å². The minimum atomic E-state index is -0.917. The van der Waals surface area contributed by atoms with E-state index < -0.39 is 6.10 Å². The molecule has 3 aromatic rings. The fraction of sp³-hybridized carbons (Fsp3) is 0.370. The molecule has 6 nitrogen and oxygen atoms in total. The van der Waals surface area contributed by atoms with Gasteiger partial charge in [-0.05, 0) is 43.0 Å². The number of likely N-dealkylation sites (tertiary alicyclic amines) is 1. The first-order valence-corrected chi connectivity index (χ1v) is 12.9. The maximum Gasteiger partial charge on any atom is 0.275 e. The van der Waals surface area contributed by atoms with Gasteiger partial charge in [0.05, 0.1) is 5.01 Å². The number of halogens is 1. The minimum absolute atomic E-state index is 0.184. The zero-order chi connectivity index (χ0) is 24.8. The van der Waals surface area contributed by atoms with Gasteiger partial charge in [-0.3, -0.25) is 9.59 Å². The van der Waals surface area contributed by atoms with Gasteiger partial charge in [0.15, 0.2) is 0 Å². The highest BCUT2D eigenvalue weighted by Crippen LogP contribution is 2.32. The molecule has 0 aliphatic carbocycles. The number of rotatable bonds is 8. The van der Waals surface area contributed by atoms with E-state index in [-0.39, 0.29) is 23.5 Å². The van der Waals surface area contributed by atoms with Crippen LogP contribution in [0, 0.1) is 5.82 Å². The van der Waals surface area contributed by atoms with Crippen molar-refractivity contribution in [3.63, 3.8) is 0 Å². The number of nitrogens with one attached hydrogen (secondary N) is 1. The first-order chi connectivity index (χ1) is 17.0. The molecule has 2 aromatic carbocycles. The predicted molar refractivity (Wildman–Crippen MR) is 136 cm³/mol. The van der Waals surface area contributed by atoms with Crippen LogP contribution in [0.4, 0.5) is 10.1 Å². The third-order valence-electron chi connectivity index (χ3n) is 6.36. The Balaban J connectivity index is 1.37. The molecule has 1 aromatic heterocycles. The number of aliphatic hydroxyl groups excluding tert-OH is 1. The number of hydrogen-bond donors (Lipinski definition) is 2. The van der Waals surface area contributed by atoms with Crippen molar-refractivity contribution >= 4 is 28.8 Å². The fourth-order valence-corrected chi connectivity index (χ4v) is 5.29. The smallest absolute Gasteiger partial charge is 0.275 e. The van der Waals surface area contributed by atoms with Crippen LogP contribution in [0.1, 0.15) is 60.4 Å². The minimum Gasteiger partial charge on any atom is -0.383 e. The van der Waals surface area contributed by atoms with E-state index in [2.05, 4.69) is 10.3 Å². The first kappa shape index (κ1) is 25.0. The molecule has 1 fully saturated rings. The third-order valence-corrected chi connectivity index (χ3v) is 7.36. The number of benzene rings is 2. The van der Waals surface area contributed by atoms with Crippen LogP contribution in [0.5, 0.6) is 0 Å². The normalized spacial score (nSPS) is 15.1. The molecular weight excluding hydrogens is 465 g/mol. The lowest BCUT2D eigenvalue weighted by molar-refractivity contribution is -0.141. The Kier molecular flexibility index (Phi) is 8.25. The molecule has 8 heteroatoms. The van der Waals surface area contributed by atoms with Crippen molar-refractivity contribution in [1.29, 1.82) is 0 Å². The number of hydrogen-bond acceptors (Lipinski definition) is 5. The molecule has 1 aliphatic rings. The molecule has 2 heterocycles. The summed E-state index contributed by atoms with van der Waals surface area (Å²) in [5.41, 5.74) is 2.59. The standard InChI is InChI=1S/C27H30FN3O3S/c1-2-3-8-24(32)27(34)31-15-13-19(14-16-31)26-30-23(17-35-26)25(33)29-22-7-5-4-6-21(22)18-9-11-20(28)12-10-18/h4-7,9-12,17,19,24,32H,2-3,8,13-16H2,1H3,(H,29,33). The lowest BCUT2D eigenvalue weighted by Crippen LogP contribution is -2.43. The summed E-state index contributed by atoms with van der Waals surface area (Å²) in [6.07, 6.45) is 2.89. The second-order valence-electron chi connectivity index (χ2n) is 8.84. The first-order valence-electron chi connectivity index (χ1n) is 12.0. The van der Waals surface area contributed by atoms with E-state index in [0.717, 1.165) is 41.8 Å². The Morgan fingerprint density at radius 3 is 2.60 bits per heavy atom. The van der Waals surface area contributed by atoms with Gasteiger partial charge in [-0.25, -0.2) is 9.37 Å². The number of anilines is 1. The van der Waals surface area contributed by atoms with Crippen molar-refractivity contribution < 1.29 is 19.1 Å². The molecule has 4 rings (SSSR count). The van der Waals surface area contributed by atoms with Gasteiger partial charge in [-0.1, -0.05) is 50.1 Å². The van der Waals surface area contributed by atoms with Crippen LogP contribution in [-0.4, -0.2) is 46.0 Å². The van der Waals surface area contributed by atoms with Gasteiger partial charge in [0, 0.05) is 35.6 Å². The monoisotopic (exact) mass is 495 g/mol. The van der Waals surface area contributed by atoms with Gasteiger partial charge in [-0.2, -0.15) is 0 Å². The largest absolute Gasteiger partial charge is 0.383 e. The molecule has 0 radical (unpaired) electrons. The Morgan fingerprint density at radius 2 is 1.89 bits per heavy atom. The number of para-hydroxylation sites is 1. The number of aromatic nitrogens is 1. The highest BCUT2D eigenvalue weighted by molar-refractivity contribution is 7.10. The van der Waals surface area contributed by atoms with E-state index in [1.165, 1.54) is 23.5 Å². The van der Waals surface area contributed by atoms with Gasteiger partial charge in [0.25, 0.3) is 11.8 Å². The highest BCUT2D eigenvalue weighted by Gasteiger charge is 2.29. The van der Waals surface area contributed by atoms with Crippen LogP contribution in [0.3, 0.4) is 0 Å². The number of aliphatic hydroxyl groups is 1. The van der Waals surface area contributed by atoms with Crippen LogP contribution in [-0.2, 0) is 4.79 Å². The Bertz CT molecular complexity index is 1160. The van der Waals surface area contributed by atoms with Gasteiger partial charge in [-0.15, -0.1) is 11.3 Å². The molecule has 0 saturated carbocycles. The Morgan fingerprint density at radius 1 is 1.17 bits per heavy atom. The van der Waals surface area contributed by atoms with Gasteiger partial charge < -0.3 is 15.3 Å². The molecule has 1 unspecified atom stereocenters. The number of unbranched alkanes of at least 4 members (excludes halogenated alkanes) is 1. The number of carbonyl (C=O) groups is 2. The number of amides is 2. The maximum atomic E-state index is 13.3. The summed E-state index contributed by atoms with van der Waals surface area (Å²) in [5.74, 6) is -0.609. The van der Waals surface area contributed by atoms with Crippen LogP contribution in [0.15, 0.2) is 53.9 Å². The zero-order valence-corrected chi connectivity index (χ0v) is 20.6. The van der Waals surface area contributed by atoms with E-state index in [9.17, 15) is 19.1 Å². The van der Waals surface area contributed by atoms with E-state index in [0.29, 0.717) is 30.9 Å². The molecular formula is C27H30FN3O3S. The van der Waals surface area contributed by atoms with Gasteiger partial charge in [0.2, 0.25) is 0 Å². The lowest BCUT2D eigenvalue weighted by Gasteiger charge is -2.32. The molecule has 184 valence electrons. The van der Waals surface area contributed by atoms with Crippen molar-refractivity contribution in [2.45, 2.75) is 51.0 Å². The zero-order valence-electron chi connectivity index (χ0n) is 19.7. The molecule has 2 amide bonds. The molecule has 1 aliphatic heterocycles. The summed E-state index contributed by atoms with van der Waals surface area (Å²) in [5, 5.41) is 15.7. The van der Waals surface area contributed by atoms with Crippen molar-refractivity contribution in [1.82, 2.24) is 9.88 Å². The average molecular weight is 496 g/mol. The average Bonchev–Trinajstić information content (AvgIpc) is 3.38. The van der Waals surface area contributed by atoms with Crippen LogP contribution >= 0.6 is 11.3 Å². The van der Waals surface area contributed by atoms with E-state index in [1.54, 1.807) is 22.4 Å². The summed E-state index contributed by atoms with van der Waals surface area (Å²) < 4.78 is 13.3.